The molecule has 0 aliphatic carbocycles. The van der Waals surface area contributed by atoms with Crippen molar-refractivity contribution < 1.29 is 14.3 Å². The van der Waals surface area contributed by atoms with Crippen LogP contribution in [0.2, 0.25) is 5.02 Å². The maximum absolute atomic E-state index is 11.7. The number of hydrogen-bond acceptors (Lipinski definition) is 3. The molecule has 4 nitrogen and oxygen atoms in total. The van der Waals surface area contributed by atoms with Gasteiger partial charge in [0.25, 0.3) is 5.91 Å². The zero-order valence-corrected chi connectivity index (χ0v) is 10.9. The maximum Gasteiger partial charge on any atom is 0.331 e. The van der Waals surface area contributed by atoms with E-state index in [1.54, 1.807) is 37.3 Å². The standard InChI is InChI=1S/C13H14ClNO3/c1-3-4-12(16)18-9(2)13(17)15-11-7-5-10(14)6-8-11/h3-9H,1-2H3,(H,15,17)/b4-3+/t9-/m1/s1. The summed E-state index contributed by atoms with van der Waals surface area (Å²) in [4.78, 5) is 22.8. The number of rotatable bonds is 4. The van der Waals surface area contributed by atoms with Gasteiger partial charge in [0, 0.05) is 16.8 Å². The number of nitrogens with one attached hydrogen (secondary N) is 1. The lowest BCUT2D eigenvalue weighted by molar-refractivity contribution is -0.148. The Bertz CT molecular complexity index is 454. The Morgan fingerprint density at radius 1 is 1.33 bits per heavy atom. The number of amides is 1. The third-order valence-electron chi connectivity index (χ3n) is 2.08. The van der Waals surface area contributed by atoms with Gasteiger partial charge in [0.05, 0.1) is 0 Å². The molecule has 0 heterocycles. The minimum atomic E-state index is -0.857. The first-order valence-electron chi connectivity index (χ1n) is 5.42. The second kappa shape index (κ2) is 6.81. The smallest absolute Gasteiger partial charge is 0.331 e. The fraction of sp³-hybridized carbons (Fsp3) is 0.231. The van der Waals surface area contributed by atoms with Crippen LogP contribution in [-0.2, 0) is 14.3 Å². The average molecular weight is 268 g/mol. The van der Waals surface area contributed by atoms with Crippen LogP contribution in [0.3, 0.4) is 0 Å². The SMILES string of the molecule is C/C=C/C(=O)O[C@H](C)C(=O)Nc1ccc(Cl)cc1. The Hall–Kier alpha value is -1.81. The lowest BCUT2D eigenvalue weighted by Crippen LogP contribution is -2.29. The van der Waals surface area contributed by atoms with E-state index in [0.717, 1.165) is 0 Å². The van der Waals surface area contributed by atoms with Crippen LogP contribution in [0.1, 0.15) is 13.8 Å². The first-order valence-corrected chi connectivity index (χ1v) is 5.80. The number of halogens is 1. The highest BCUT2D eigenvalue weighted by Gasteiger charge is 2.16. The van der Waals surface area contributed by atoms with Gasteiger partial charge in [-0.3, -0.25) is 4.79 Å². The molecule has 1 atom stereocenters. The van der Waals surface area contributed by atoms with E-state index in [1.807, 2.05) is 0 Å². The van der Waals surface area contributed by atoms with E-state index in [4.69, 9.17) is 16.3 Å². The molecule has 0 saturated heterocycles. The van der Waals surface area contributed by atoms with Gasteiger partial charge in [-0.15, -0.1) is 0 Å². The zero-order chi connectivity index (χ0) is 13.5. The van der Waals surface area contributed by atoms with E-state index >= 15 is 0 Å². The molecule has 0 aliphatic heterocycles. The van der Waals surface area contributed by atoms with Crippen molar-refractivity contribution in [3.8, 4) is 0 Å². The van der Waals surface area contributed by atoms with Crippen LogP contribution in [0.25, 0.3) is 0 Å². The van der Waals surface area contributed by atoms with E-state index in [-0.39, 0.29) is 0 Å². The van der Waals surface area contributed by atoms with Crippen LogP contribution < -0.4 is 5.32 Å². The molecule has 1 N–H and O–H groups in total. The van der Waals surface area contributed by atoms with Gasteiger partial charge in [0.15, 0.2) is 6.10 Å². The molecule has 0 aromatic heterocycles. The Balaban J connectivity index is 2.54. The van der Waals surface area contributed by atoms with Crippen LogP contribution >= 0.6 is 11.6 Å². The van der Waals surface area contributed by atoms with Crippen molar-refractivity contribution in [2.45, 2.75) is 20.0 Å². The first kappa shape index (κ1) is 14.3. The fourth-order valence-electron chi connectivity index (χ4n) is 1.18. The number of carbonyl (C=O) groups is 2. The number of ether oxygens (including phenoxy) is 1. The summed E-state index contributed by atoms with van der Waals surface area (Å²) in [6, 6.07) is 6.66. The monoisotopic (exact) mass is 267 g/mol. The quantitative estimate of drug-likeness (QED) is 0.674. The number of anilines is 1. The van der Waals surface area contributed by atoms with Gasteiger partial charge in [-0.2, -0.15) is 0 Å². The van der Waals surface area contributed by atoms with Gasteiger partial charge in [0.1, 0.15) is 0 Å². The van der Waals surface area contributed by atoms with Crippen molar-refractivity contribution in [3.63, 3.8) is 0 Å². The normalized spacial score (nSPS) is 12.2. The summed E-state index contributed by atoms with van der Waals surface area (Å²) in [7, 11) is 0. The number of benzene rings is 1. The Morgan fingerprint density at radius 2 is 1.94 bits per heavy atom. The zero-order valence-electron chi connectivity index (χ0n) is 10.1. The molecular formula is C13H14ClNO3. The maximum atomic E-state index is 11.7. The largest absolute Gasteiger partial charge is 0.449 e. The summed E-state index contributed by atoms with van der Waals surface area (Å²) in [5.41, 5.74) is 0.596. The van der Waals surface area contributed by atoms with Gasteiger partial charge < -0.3 is 10.1 Å². The second-order valence-electron chi connectivity index (χ2n) is 3.58. The van der Waals surface area contributed by atoms with E-state index in [1.165, 1.54) is 13.0 Å². The van der Waals surface area contributed by atoms with Crippen LogP contribution in [0, 0.1) is 0 Å². The van der Waals surface area contributed by atoms with Gasteiger partial charge in [-0.25, -0.2) is 4.79 Å². The van der Waals surface area contributed by atoms with Crippen molar-refractivity contribution in [1.82, 2.24) is 0 Å². The summed E-state index contributed by atoms with van der Waals surface area (Å²) in [5.74, 6) is -0.938. The molecule has 1 aromatic rings. The Labute approximate surface area is 111 Å². The lowest BCUT2D eigenvalue weighted by Gasteiger charge is -2.12. The topological polar surface area (TPSA) is 55.4 Å². The van der Waals surface area contributed by atoms with Crippen molar-refractivity contribution >= 4 is 29.2 Å². The third-order valence-corrected chi connectivity index (χ3v) is 2.33. The fourth-order valence-corrected chi connectivity index (χ4v) is 1.31. The molecule has 0 bridgehead atoms. The van der Waals surface area contributed by atoms with E-state index in [0.29, 0.717) is 10.7 Å². The molecular weight excluding hydrogens is 254 g/mol. The van der Waals surface area contributed by atoms with Gasteiger partial charge >= 0.3 is 5.97 Å². The molecule has 0 spiro atoms. The van der Waals surface area contributed by atoms with Crippen LogP contribution in [0.4, 0.5) is 5.69 Å². The molecule has 0 saturated carbocycles. The van der Waals surface area contributed by atoms with Crippen molar-refractivity contribution in [2.75, 3.05) is 5.32 Å². The van der Waals surface area contributed by atoms with Crippen LogP contribution in [-0.4, -0.2) is 18.0 Å². The molecule has 96 valence electrons. The minimum Gasteiger partial charge on any atom is -0.449 e. The summed E-state index contributed by atoms with van der Waals surface area (Å²) < 4.78 is 4.88. The molecule has 1 amide bonds. The van der Waals surface area contributed by atoms with Crippen LogP contribution in [0.5, 0.6) is 0 Å². The third kappa shape index (κ3) is 4.59. The lowest BCUT2D eigenvalue weighted by atomic mass is 10.3. The molecule has 0 unspecified atom stereocenters. The highest BCUT2D eigenvalue weighted by molar-refractivity contribution is 6.30. The van der Waals surface area contributed by atoms with Gasteiger partial charge in [-0.05, 0) is 38.1 Å². The van der Waals surface area contributed by atoms with Crippen molar-refractivity contribution in [2.24, 2.45) is 0 Å². The predicted octanol–water partition coefficient (Wildman–Crippen LogP) is 2.79. The van der Waals surface area contributed by atoms with Crippen molar-refractivity contribution in [3.05, 3.63) is 41.4 Å². The summed E-state index contributed by atoms with van der Waals surface area (Å²) in [5, 5.41) is 3.20. The molecule has 5 heteroatoms. The molecule has 1 aromatic carbocycles. The molecule has 0 aliphatic rings. The van der Waals surface area contributed by atoms with Gasteiger partial charge in [0.2, 0.25) is 0 Å². The number of hydrogen-bond donors (Lipinski definition) is 1. The first-order chi connectivity index (χ1) is 8.52. The summed E-state index contributed by atoms with van der Waals surface area (Å²) in [6.07, 6.45) is 1.95. The number of allylic oxidation sites excluding steroid dienone is 1. The molecule has 0 radical (unpaired) electrons. The molecule has 1 rings (SSSR count). The predicted molar refractivity (Wildman–Crippen MR) is 70.4 cm³/mol. The van der Waals surface area contributed by atoms with Crippen LogP contribution in [0.15, 0.2) is 36.4 Å². The van der Waals surface area contributed by atoms with Gasteiger partial charge in [-0.1, -0.05) is 17.7 Å². The number of carbonyl (C=O) groups excluding carboxylic acids is 2. The molecule has 18 heavy (non-hydrogen) atoms. The van der Waals surface area contributed by atoms with E-state index in [9.17, 15) is 9.59 Å². The average Bonchev–Trinajstić information content (AvgIpc) is 2.32. The highest BCUT2D eigenvalue weighted by Crippen LogP contribution is 2.13. The number of esters is 1. The minimum absolute atomic E-state index is 0.393. The molecule has 0 fully saturated rings. The Morgan fingerprint density at radius 3 is 2.50 bits per heavy atom. The summed E-state index contributed by atoms with van der Waals surface area (Å²) >= 11 is 5.72. The summed E-state index contributed by atoms with van der Waals surface area (Å²) in [6.45, 7) is 3.20. The van der Waals surface area contributed by atoms with Crippen molar-refractivity contribution in [1.29, 1.82) is 0 Å². The van der Waals surface area contributed by atoms with E-state index < -0.39 is 18.0 Å². The second-order valence-corrected chi connectivity index (χ2v) is 4.01. The Kier molecular flexibility index (Phi) is 5.39. The highest BCUT2D eigenvalue weighted by atomic mass is 35.5. The van der Waals surface area contributed by atoms with E-state index in [2.05, 4.69) is 5.32 Å².